The van der Waals surface area contributed by atoms with E-state index >= 15 is 0 Å². The molecule has 0 aliphatic heterocycles. The first-order valence-electron chi connectivity index (χ1n) is 6.43. The maximum Gasteiger partial charge on any atom is 0.254 e. The fourth-order valence-corrected chi connectivity index (χ4v) is 1.89. The number of rotatable bonds is 6. The first-order valence-corrected chi connectivity index (χ1v) is 6.80. The summed E-state index contributed by atoms with van der Waals surface area (Å²) in [6.45, 7) is 0.259. The highest BCUT2D eigenvalue weighted by atomic mass is 35.5. The van der Waals surface area contributed by atoms with Crippen LogP contribution in [0, 0.1) is 0 Å². The molecule has 1 unspecified atom stereocenters. The van der Waals surface area contributed by atoms with Crippen LogP contribution >= 0.6 is 24.0 Å². The van der Waals surface area contributed by atoms with Crippen molar-refractivity contribution in [3.05, 3.63) is 28.8 Å². The van der Waals surface area contributed by atoms with Gasteiger partial charge in [-0.05, 0) is 18.2 Å². The number of anilines is 1. The molecule has 1 aromatic rings. The number of hydrogen-bond donors (Lipinski definition) is 2. The van der Waals surface area contributed by atoms with E-state index in [0.717, 1.165) is 0 Å². The Morgan fingerprint density at radius 2 is 2.05 bits per heavy atom. The van der Waals surface area contributed by atoms with Gasteiger partial charge >= 0.3 is 0 Å². The molecule has 0 aromatic heterocycles. The number of carbonyl (C=O) groups is 2. The van der Waals surface area contributed by atoms with Gasteiger partial charge in [-0.15, -0.1) is 12.4 Å². The van der Waals surface area contributed by atoms with Crippen LogP contribution in [0.25, 0.3) is 0 Å². The molecule has 0 bridgehead atoms. The van der Waals surface area contributed by atoms with E-state index in [4.69, 9.17) is 22.1 Å². The molecule has 0 heterocycles. The van der Waals surface area contributed by atoms with Crippen molar-refractivity contribution in [1.29, 1.82) is 0 Å². The van der Waals surface area contributed by atoms with E-state index < -0.39 is 0 Å². The summed E-state index contributed by atoms with van der Waals surface area (Å²) < 4.78 is 5.05. The van der Waals surface area contributed by atoms with Crippen LogP contribution in [0.2, 0.25) is 5.02 Å². The topological polar surface area (TPSA) is 84.7 Å². The van der Waals surface area contributed by atoms with Crippen LogP contribution in [0.5, 0.6) is 0 Å². The van der Waals surface area contributed by atoms with Gasteiger partial charge in [0.05, 0.1) is 23.1 Å². The highest BCUT2D eigenvalue weighted by molar-refractivity contribution is 6.34. The maximum absolute atomic E-state index is 12.0. The van der Waals surface area contributed by atoms with Gasteiger partial charge in [0, 0.05) is 33.4 Å². The molecule has 8 heteroatoms. The monoisotopic (exact) mass is 349 g/mol. The lowest BCUT2D eigenvalue weighted by atomic mass is 10.1. The predicted octanol–water partition coefficient (Wildman–Crippen LogP) is 1.77. The molecule has 22 heavy (non-hydrogen) atoms. The van der Waals surface area contributed by atoms with Crippen molar-refractivity contribution >= 4 is 41.5 Å². The number of halogens is 2. The minimum Gasteiger partial charge on any atom is -0.380 e. The number of ether oxygens (including phenoxy) is 1. The Balaban J connectivity index is 0.00000441. The van der Waals surface area contributed by atoms with Gasteiger partial charge in [0.1, 0.15) is 0 Å². The molecular weight excluding hydrogens is 329 g/mol. The van der Waals surface area contributed by atoms with Crippen LogP contribution in [0.15, 0.2) is 18.2 Å². The Morgan fingerprint density at radius 1 is 1.41 bits per heavy atom. The van der Waals surface area contributed by atoms with Crippen molar-refractivity contribution in [3.63, 3.8) is 0 Å². The third kappa shape index (κ3) is 5.81. The lowest BCUT2D eigenvalue weighted by Gasteiger charge is -2.15. The van der Waals surface area contributed by atoms with Crippen LogP contribution < -0.4 is 11.1 Å². The molecule has 0 saturated carbocycles. The standard InChI is InChI=1S/C14H20ClN3O3.ClH/c1-18(2)14(20)11-6-9(4-5-12(11)15)17-13(19)7-10(8-16)21-3;/h4-6,10H,7-8,16H2,1-3H3,(H,17,19);1H. The molecule has 3 N–H and O–H groups in total. The van der Waals surface area contributed by atoms with Crippen molar-refractivity contribution in [2.75, 3.05) is 33.1 Å². The van der Waals surface area contributed by atoms with Crippen molar-refractivity contribution in [2.24, 2.45) is 5.73 Å². The average Bonchev–Trinajstić information content (AvgIpc) is 2.45. The molecule has 124 valence electrons. The van der Waals surface area contributed by atoms with E-state index in [1.807, 2.05) is 0 Å². The van der Waals surface area contributed by atoms with Crippen LogP contribution in [-0.4, -0.2) is 50.6 Å². The van der Waals surface area contributed by atoms with Gasteiger partial charge in [-0.25, -0.2) is 0 Å². The van der Waals surface area contributed by atoms with Crippen LogP contribution in [0.1, 0.15) is 16.8 Å². The van der Waals surface area contributed by atoms with Gasteiger partial charge in [-0.2, -0.15) is 0 Å². The molecule has 1 aromatic carbocycles. The molecule has 0 aliphatic rings. The third-order valence-electron chi connectivity index (χ3n) is 2.90. The zero-order chi connectivity index (χ0) is 16.0. The number of nitrogens with two attached hydrogens (primary N) is 1. The average molecular weight is 350 g/mol. The fourth-order valence-electron chi connectivity index (χ4n) is 1.69. The summed E-state index contributed by atoms with van der Waals surface area (Å²) in [4.78, 5) is 25.3. The number of carbonyl (C=O) groups excluding carboxylic acids is 2. The van der Waals surface area contributed by atoms with Crippen LogP contribution in [0.4, 0.5) is 5.69 Å². The van der Waals surface area contributed by atoms with Crippen molar-refractivity contribution in [2.45, 2.75) is 12.5 Å². The lowest BCUT2D eigenvalue weighted by Crippen LogP contribution is -2.28. The fraction of sp³-hybridized carbons (Fsp3) is 0.429. The minimum atomic E-state index is -0.333. The summed E-state index contributed by atoms with van der Waals surface area (Å²) in [5, 5.41) is 3.04. The predicted molar refractivity (Wildman–Crippen MR) is 89.8 cm³/mol. The lowest BCUT2D eigenvalue weighted by molar-refractivity contribution is -0.118. The third-order valence-corrected chi connectivity index (χ3v) is 3.23. The van der Waals surface area contributed by atoms with Gasteiger partial charge in [-0.1, -0.05) is 11.6 Å². The van der Waals surface area contributed by atoms with E-state index in [-0.39, 0.29) is 43.3 Å². The van der Waals surface area contributed by atoms with Crippen LogP contribution in [0.3, 0.4) is 0 Å². The summed E-state index contributed by atoms with van der Waals surface area (Å²) in [7, 11) is 4.77. The molecule has 2 amide bonds. The maximum atomic E-state index is 12.0. The van der Waals surface area contributed by atoms with Crippen molar-refractivity contribution in [3.8, 4) is 0 Å². The summed E-state index contributed by atoms with van der Waals surface area (Å²) in [6, 6.07) is 4.76. The van der Waals surface area contributed by atoms with Gasteiger partial charge in [0.2, 0.25) is 5.91 Å². The molecule has 0 fully saturated rings. The largest absolute Gasteiger partial charge is 0.380 e. The van der Waals surface area contributed by atoms with Gasteiger partial charge < -0.3 is 20.7 Å². The Kier molecular flexibility index (Phi) is 9.04. The zero-order valence-electron chi connectivity index (χ0n) is 12.8. The number of nitrogens with zero attached hydrogens (tertiary/aromatic N) is 1. The molecule has 1 rings (SSSR count). The van der Waals surface area contributed by atoms with Crippen LogP contribution in [-0.2, 0) is 9.53 Å². The van der Waals surface area contributed by atoms with E-state index in [0.29, 0.717) is 16.3 Å². The molecule has 0 saturated heterocycles. The van der Waals surface area contributed by atoms with Crippen molar-refractivity contribution in [1.82, 2.24) is 4.90 Å². The second kappa shape index (κ2) is 9.63. The molecule has 0 spiro atoms. The summed E-state index contributed by atoms with van der Waals surface area (Å²) in [6.07, 6.45) is -0.188. The molecule has 1 atom stereocenters. The number of nitrogens with one attached hydrogen (secondary N) is 1. The first kappa shape index (κ1) is 20.7. The Hall–Kier alpha value is -1.34. The summed E-state index contributed by atoms with van der Waals surface area (Å²) in [5.74, 6) is -0.467. The highest BCUT2D eigenvalue weighted by Crippen LogP contribution is 2.22. The Morgan fingerprint density at radius 3 is 2.55 bits per heavy atom. The van der Waals surface area contributed by atoms with E-state index in [2.05, 4.69) is 5.32 Å². The highest BCUT2D eigenvalue weighted by Gasteiger charge is 2.15. The number of hydrogen-bond acceptors (Lipinski definition) is 4. The van der Waals surface area contributed by atoms with E-state index in [1.165, 1.54) is 12.0 Å². The number of amides is 2. The quantitative estimate of drug-likeness (QED) is 0.819. The smallest absolute Gasteiger partial charge is 0.254 e. The Bertz CT molecular complexity index is 520. The van der Waals surface area contributed by atoms with Crippen molar-refractivity contribution < 1.29 is 14.3 Å². The number of methoxy groups -OCH3 is 1. The first-order chi connectivity index (χ1) is 9.88. The zero-order valence-corrected chi connectivity index (χ0v) is 14.3. The molecule has 0 radical (unpaired) electrons. The molecule has 0 aliphatic carbocycles. The molecular formula is C14H21Cl2N3O3. The van der Waals surface area contributed by atoms with E-state index in [9.17, 15) is 9.59 Å². The second-order valence-corrected chi connectivity index (χ2v) is 5.15. The molecule has 6 nitrogen and oxygen atoms in total. The van der Waals surface area contributed by atoms with Gasteiger partial charge in [0.25, 0.3) is 5.91 Å². The minimum absolute atomic E-state index is 0. The van der Waals surface area contributed by atoms with Gasteiger partial charge in [-0.3, -0.25) is 9.59 Å². The second-order valence-electron chi connectivity index (χ2n) is 4.74. The summed E-state index contributed by atoms with van der Waals surface area (Å²) in [5.41, 5.74) is 6.31. The summed E-state index contributed by atoms with van der Waals surface area (Å²) >= 11 is 6.00. The number of benzene rings is 1. The Labute approximate surface area is 141 Å². The van der Waals surface area contributed by atoms with E-state index in [1.54, 1.807) is 32.3 Å². The SMILES string of the molecule is COC(CN)CC(=O)Nc1ccc(Cl)c(C(=O)N(C)C)c1.Cl. The normalized spacial score (nSPS) is 11.3. The van der Waals surface area contributed by atoms with Gasteiger partial charge in [0.15, 0.2) is 0 Å².